The number of anilines is 1. The second-order valence-corrected chi connectivity index (χ2v) is 5.53. The lowest BCUT2D eigenvalue weighted by molar-refractivity contribution is -0.205. The molecule has 0 aromatic heterocycles. The van der Waals surface area contributed by atoms with Gasteiger partial charge in [-0.2, -0.15) is 0 Å². The molecule has 0 saturated carbocycles. The van der Waals surface area contributed by atoms with E-state index in [1.165, 1.54) is 18.5 Å². The van der Waals surface area contributed by atoms with Crippen LogP contribution in [0.25, 0.3) is 0 Å². The maximum Gasteiger partial charge on any atom is 0.174 e. The second-order valence-electron chi connectivity index (χ2n) is 5.53. The first kappa shape index (κ1) is 12.9. The van der Waals surface area contributed by atoms with E-state index in [4.69, 9.17) is 9.47 Å². The van der Waals surface area contributed by atoms with Gasteiger partial charge in [-0.05, 0) is 18.6 Å². The summed E-state index contributed by atoms with van der Waals surface area (Å²) in [4.78, 5) is 2.47. The van der Waals surface area contributed by atoms with E-state index in [0.29, 0.717) is 5.92 Å². The van der Waals surface area contributed by atoms with Crippen LogP contribution in [0.2, 0.25) is 0 Å². The summed E-state index contributed by atoms with van der Waals surface area (Å²) in [6.07, 6.45) is 3.33. The van der Waals surface area contributed by atoms with Crippen LogP contribution >= 0.6 is 0 Å². The summed E-state index contributed by atoms with van der Waals surface area (Å²) < 4.78 is 12.0. The Hall–Kier alpha value is -1.06. The van der Waals surface area contributed by atoms with Crippen LogP contribution in [0.4, 0.5) is 5.69 Å². The Morgan fingerprint density at radius 3 is 2.63 bits per heavy atom. The van der Waals surface area contributed by atoms with E-state index < -0.39 is 0 Å². The fraction of sp³-hybridized carbons (Fsp3) is 0.625. The predicted molar refractivity (Wildman–Crippen MR) is 76.3 cm³/mol. The maximum atomic E-state index is 5.98. The molecule has 3 heteroatoms. The molecule has 1 spiro atoms. The predicted octanol–water partition coefficient (Wildman–Crippen LogP) is 3.06. The molecule has 1 atom stereocenters. The SMILES string of the molecule is CCCC1CN(c2ccccc2)CCC12OCCO2. The number of para-hydroxylation sites is 1. The van der Waals surface area contributed by atoms with Gasteiger partial charge in [0, 0.05) is 31.1 Å². The molecule has 0 amide bonds. The standard InChI is InChI=1S/C16H23NO2/c1-2-6-14-13-17(15-7-4-3-5-8-15)10-9-16(14)18-11-12-19-16/h3-5,7-8,14H,2,6,9-13H2,1H3. The molecule has 2 saturated heterocycles. The van der Waals surface area contributed by atoms with Gasteiger partial charge in [0.2, 0.25) is 0 Å². The van der Waals surface area contributed by atoms with Crippen molar-refractivity contribution in [2.75, 3.05) is 31.2 Å². The van der Waals surface area contributed by atoms with E-state index in [0.717, 1.165) is 32.7 Å². The molecule has 0 N–H and O–H groups in total. The molecule has 1 aromatic carbocycles. The Morgan fingerprint density at radius 1 is 1.21 bits per heavy atom. The second kappa shape index (κ2) is 5.51. The van der Waals surface area contributed by atoms with Gasteiger partial charge in [-0.25, -0.2) is 0 Å². The van der Waals surface area contributed by atoms with E-state index in [9.17, 15) is 0 Å². The zero-order chi connectivity index (χ0) is 13.1. The van der Waals surface area contributed by atoms with Crippen LogP contribution in [0.15, 0.2) is 30.3 Å². The summed E-state index contributed by atoms with van der Waals surface area (Å²) in [5.74, 6) is 0.190. The Kier molecular flexibility index (Phi) is 3.76. The normalized spacial score (nSPS) is 25.9. The molecule has 0 aliphatic carbocycles. The Morgan fingerprint density at radius 2 is 1.95 bits per heavy atom. The highest BCUT2D eigenvalue weighted by Gasteiger charge is 2.47. The number of rotatable bonds is 3. The molecule has 19 heavy (non-hydrogen) atoms. The molecule has 0 bridgehead atoms. The highest BCUT2D eigenvalue weighted by Crippen LogP contribution is 2.39. The fourth-order valence-electron chi connectivity index (χ4n) is 3.37. The number of ether oxygens (including phenoxy) is 2. The van der Waals surface area contributed by atoms with Crippen molar-refractivity contribution in [3.63, 3.8) is 0 Å². The maximum absolute atomic E-state index is 5.98. The van der Waals surface area contributed by atoms with Crippen LogP contribution in [-0.2, 0) is 9.47 Å². The summed E-state index contributed by atoms with van der Waals surface area (Å²) in [6.45, 7) is 5.81. The van der Waals surface area contributed by atoms with Gasteiger partial charge in [0.25, 0.3) is 0 Å². The molecule has 2 fully saturated rings. The van der Waals surface area contributed by atoms with Crippen LogP contribution in [0.1, 0.15) is 26.2 Å². The van der Waals surface area contributed by atoms with Crippen LogP contribution in [0.5, 0.6) is 0 Å². The quantitative estimate of drug-likeness (QED) is 0.834. The van der Waals surface area contributed by atoms with E-state index in [2.05, 4.69) is 42.2 Å². The van der Waals surface area contributed by atoms with Gasteiger partial charge in [-0.15, -0.1) is 0 Å². The fourth-order valence-corrected chi connectivity index (χ4v) is 3.37. The van der Waals surface area contributed by atoms with Crippen molar-refractivity contribution in [2.24, 2.45) is 5.92 Å². The minimum atomic E-state index is -0.290. The van der Waals surface area contributed by atoms with Crippen molar-refractivity contribution >= 4 is 5.69 Å². The first-order valence-electron chi connectivity index (χ1n) is 7.42. The van der Waals surface area contributed by atoms with E-state index >= 15 is 0 Å². The van der Waals surface area contributed by atoms with Gasteiger partial charge in [0.15, 0.2) is 5.79 Å². The van der Waals surface area contributed by atoms with Gasteiger partial charge in [-0.1, -0.05) is 31.5 Å². The highest BCUT2D eigenvalue weighted by molar-refractivity contribution is 5.46. The number of benzene rings is 1. The molecule has 104 valence electrons. The van der Waals surface area contributed by atoms with Gasteiger partial charge in [-0.3, -0.25) is 0 Å². The lowest BCUT2D eigenvalue weighted by atomic mass is 9.86. The Balaban J connectivity index is 1.76. The minimum absolute atomic E-state index is 0.290. The first-order chi connectivity index (χ1) is 9.34. The monoisotopic (exact) mass is 261 g/mol. The molecule has 2 aliphatic heterocycles. The molecule has 1 unspecified atom stereocenters. The topological polar surface area (TPSA) is 21.7 Å². The van der Waals surface area contributed by atoms with Crippen LogP contribution in [0.3, 0.4) is 0 Å². The summed E-state index contributed by atoms with van der Waals surface area (Å²) in [7, 11) is 0. The lowest BCUT2D eigenvalue weighted by Gasteiger charge is -2.45. The highest BCUT2D eigenvalue weighted by atomic mass is 16.7. The number of hydrogen-bond donors (Lipinski definition) is 0. The molecule has 0 radical (unpaired) electrons. The molecule has 3 nitrogen and oxygen atoms in total. The van der Waals surface area contributed by atoms with E-state index in [-0.39, 0.29) is 5.79 Å². The summed E-state index contributed by atoms with van der Waals surface area (Å²) in [6, 6.07) is 10.7. The summed E-state index contributed by atoms with van der Waals surface area (Å²) in [5.41, 5.74) is 1.32. The minimum Gasteiger partial charge on any atom is -0.371 e. The Bertz CT molecular complexity index is 400. The van der Waals surface area contributed by atoms with Gasteiger partial charge in [0.1, 0.15) is 0 Å². The van der Waals surface area contributed by atoms with Gasteiger partial charge in [0.05, 0.1) is 13.2 Å². The number of hydrogen-bond acceptors (Lipinski definition) is 3. The van der Waals surface area contributed by atoms with Crippen molar-refractivity contribution in [3.8, 4) is 0 Å². The van der Waals surface area contributed by atoms with Crippen molar-refractivity contribution in [1.29, 1.82) is 0 Å². The van der Waals surface area contributed by atoms with Gasteiger partial charge >= 0.3 is 0 Å². The average molecular weight is 261 g/mol. The summed E-state index contributed by atoms with van der Waals surface area (Å²) >= 11 is 0. The Labute approximate surface area is 115 Å². The molecule has 1 aromatic rings. The van der Waals surface area contributed by atoms with Crippen LogP contribution < -0.4 is 4.90 Å². The molecule has 2 aliphatic rings. The van der Waals surface area contributed by atoms with Crippen molar-refractivity contribution in [3.05, 3.63) is 30.3 Å². The van der Waals surface area contributed by atoms with Gasteiger partial charge < -0.3 is 14.4 Å². The zero-order valence-electron chi connectivity index (χ0n) is 11.7. The van der Waals surface area contributed by atoms with Crippen molar-refractivity contribution < 1.29 is 9.47 Å². The number of nitrogens with zero attached hydrogens (tertiary/aromatic N) is 1. The zero-order valence-corrected chi connectivity index (χ0v) is 11.7. The molecular formula is C16H23NO2. The van der Waals surface area contributed by atoms with Crippen LogP contribution in [-0.4, -0.2) is 32.1 Å². The third-order valence-corrected chi connectivity index (χ3v) is 4.33. The smallest absolute Gasteiger partial charge is 0.174 e. The molecule has 3 rings (SSSR count). The van der Waals surface area contributed by atoms with Crippen LogP contribution in [0, 0.1) is 5.92 Å². The average Bonchev–Trinajstić information content (AvgIpc) is 2.92. The number of piperidine rings is 1. The first-order valence-corrected chi connectivity index (χ1v) is 7.42. The largest absolute Gasteiger partial charge is 0.371 e. The third kappa shape index (κ3) is 2.49. The van der Waals surface area contributed by atoms with E-state index in [1.54, 1.807) is 0 Å². The van der Waals surface area contributed by atoms with Crippen molar-refractivity contribution in [1.82, 2.24) is 0 Å². The van der Waals surface area contributed by atoms with Crippen molar-refractivity contribution in [2.45, 2.75) is 32.0 Å². The molecular weight excluding hydrogens is 238 g/mol. The lowest BCUT2D eigenvalue weighted by Crippen LogP contribution is -2.52. The third-order valence-electron chi connectivity index (χ3n) is 4.33. The molecule has 2 heterocycles. The van der Waals surface area contributed by atoms with E-state index in [1.807, 2.05) is 0 Å². The summed E-state index contributed by atoms with van der Waals surface area (Å²) in [5, 5.41) is 0.